The molecule has 21 heavy (non-hydrogen) atoms. The summed E-state index contributed by atoms with van der Waals surface area (Å²) in [6.07, 6.45) is 2.04. The van der Waals surface area contributed by atoms with Crippen molar-refractivity contribution in [2.45, 2.75) is 0 Å². The Hall–Kier alpha value is -3.02. The van der Waals surface area contributed by atoms with Crippen LogP contribution in [0.2, 0.25) is 0 Å². The third-order valence-corrected chi connectivity index (χ3v) is 3.33. The normalized spacial score (nSPS) is 13.7. The molecule has 6 nitrogen and oxygen atoms in total. The Labute approximate surface area is 121 Å². The second kappa shape index (κ2) is 5.16. The SMILES string of the molecule is Nc1ccc(N2CC=C(c3ccc([N+](=O)[O-])cc3)N2)cc1. The molecular formula is C15H14N4O2. The fourth-order valence-electron chi connectivity index (χ4n) is 2.19. The number of hydrogen-bond donors (Lipinski definition) is 2. The van der Waals surface area contributed by atoms with Crippen LogP contribution < -0.4 is 16.2 Å². The minimum absolute atomic E-state index is 0.0905. The van der Waals surface area contributed by atoms with Crippen LogP contribution in [-0.4, -0.2) is 11.5 Å². The Balaban J connectivity index is 1.74. The molecule has 106 valence electrons. The van der Waals surface area contributed by atoms with Crippen molar-refractivity contribution < 1.29 is 4.92 Å². The first kappa shape index (κ1) is 13.0. The molecule has 3 rings (SSSR count). The molecule has 1 heterocycles. The molecule has 0 aliphatic carbocycles. The highest BCUT2D eigenvalue weighted by Crippen LogP contribution is 2.23. The minimum atomic E-state index is -0.402. The van der Waals surface area contributed by atoms with Crippen molar-refractivity contribution in [3.63, 3.8) is 0 Å². The third-order valence-electron chi connectivity index (χ3n) is 3.33. The van der Waals surface area contributed by atoms with Crippen LogP contribution in [0, 0.1) is 10.1 Å². The summed E-state index contributed by atoms with van der Waals surface area (Å²) in [5, 5.41) is 12.6. The van der Waals surface area contributed by atoms with Crippen LogP contribution in [0.5, 0.6) is 0 Å². The maximum atomic E-state index is 10.7. The summed E-state index contributed by atoms with van der Waals surface area (Å²) < 4.78 is 0. The van der Waals surface area contributed by atoms with Crippen molar-refractivity contribution in [2.24, 2.45) is 0 Å². The lowest BCUT2D eigenvalue weighted by Crippen LogP contribution is -2.31. The van der Waals surface area contributed by atoms with E-state index in [1.54, 1.807) is 12.1 Å². The van der Waals surface area contributed by atoms with Gasteiger partial charge in [0.15, 0.2) is 0 Å². The number of non-ortho nitro benzene ring substituents is 1. The van der Waals surface area contributed by atoms with Crippen LogP contribution in [0.1, 0.15) is 5.56 Å². The van der Waals surface area contributed by atoms with Crippen LogP contribution in [0.4, 0.5) is 17.1 Å². The highest BCUT2D eigenvalue weighted by atomic mass is 16.6. The second-order valence-corrected chi connectivity index (χ2v) is 4.74. The molecule has 0 saturated heterocycles. The van der Waals surface area contributed by atoms with E-state index in [9.17, 15) is 10.1 Å². The van der Waals surface area contributed by atoms with Crippen LogP contribution in [0.3, 0.4) is 0 Å². The first-order chi connectivity index (χ1) is 10.1. The van der Waals surface area contributed by atoms with Crippen molar-refractivity contribution in [3.05, 3.63) is 70.3 Å². The third kappa shape index (κ3) is 2.64. The second-order valence-electron chi connectivity index (χ2n) is 4.74. The smallest absolute Gasteiger partial charge is 0.269 e. The molecule has 1 aliphatic rings. The zero-order chi connectivity index (χ0) is 14.8. The zero-order valence-corrected chi connectivity index (χ0v) is 11.2. The van der Waals surface area contributed by atoms with E-state index in [1.807, 2.05) is 35.4 Å². The maximum Gasteiger partial charge on any atom is 0.269 e. The van der Waals surface area contributed by atoms with Crippen LogP contribution >= 0.6 is 0 Å². The Morgan fingerprint density at radius 1 is 1.10 bits per heavy atom. The molecule has 0 fully saturated rings. The molecule has 0 bridgehead atoms. The van der Waals surface area contributed by atoms with E-state index in [-0.39, 0.29) is 5.69 Å². The number of nitrogens with two attached hydrogens (primary N) is 1. The zero-order valence-electron chi connectivity index (χ0n) is 11.2. The molecule has 0 unspecified atom stereocenters. The lowest BCUT2D eigenvalue weighted by atomic mass is 10.1. The Bertz CT molecular complexity index is 693. The minimum Gasteiger partial charge on any atom is -0.399 e. The summed E-state index contributed by atoms with van der Waals surface area (Å²) >= 11 is 0. The average Bonchev–Trinajstić information content (AvgIpc) is 2.98. The Morgan fingerprint density at radius 3 is 2.38 bits per heavy atom. The highest BCUT2D eigenvalue weighted by Gasteiger charge is 2.15. The van der Waals surface area contributed by atoms with Gasteiger partial charge in [0, 0.05) is 17.8 Å². The van der Waals surface area contributed by atoms with E-state index in [0.717, 1.165) is 29.2 Å². The van der Waals surface area contributed by atoms with E-state index in [0.29, 0.717) is 0 Å². The highest BCUT2D eigenvalue weighted by molar-refractivity contribution is 5.71. The topological polar surface area (TPSA) is 84.4 Å². The van der Waals surface area contributed by atoms with Crippen molar-refractivity contribution in [3.8, 4) is 0 Å². The number of anilines is 2. The molecule has 2 aromatic carbocycles. The van der Waals surface area contributed by atoms with Crippen LogP contribution in [0.25, 0.3) is 5.70 Å². The van der Waals surface area contributed by atoms with Gasteiger partial charge in [0.1, 0.15) is 0 Å². The van der Waals surface area contributed by atoms with Gasteiger partial charge in [-0.25, -0.2) is 0 Å². The van der Waals surface area contributed by atoms with Gasteiger partial charge >= 0.3 is 0 Å². The van der Waals surface area contributed by atoms with E-state index in [2.05, 4.69) is 5.43 Å². The summed E-state index contributed by atoms with van der Waals surface area (Å²) in [5.41, 5.74) is 12.6. The fraction of sp³-hybridized carbons (Fsp3) is 0.0667. The van der Waals surface area contributed by atoms with Gasteiger partial charge in [-0.2, -0.15) is 0 Å². The number of benzene rings is 2. The number of rotatable bonds is 3. The molecule has 0 radical (unpaired) electrons. The fourth-order valence-corrected chi connectivity index (χ4v) is 2.19. The predicted molar refractivity (Wildman–Crippen MR) is 82.4 cm³/mol. The standard InChI is InChI=1S/C15H14N4O2/c16-12-3-7-13(8-4-12)18-10-9-15(17-18)11-1-5-14(6-2-11)19(20)21/h1-9,17H,10,16H2. The van der Waals surface area contributed by atoms with E-state index in [4.69, 9.17) is 5.73 Å². The van der Waals surface area contributed by atoms with E-state index in [1.165, 1.54) is 12.1 Å². The summed E-state index contributed by atoms with van der Waals surface area (Å²) in [7, 11) is 0. The molecule has 0 saturated carbocycles. The molecule has 2 aromatic rings. The van der Waals surface area contributed by atoms with Gasteiger partial charge in [0.05, 0.1) is 22.9 Å². The lowest BCUT2D eigenvalue weighted by Gasteiger charge is -2.20. The van der Waals surface area contributed by atoms with Crippen LogP contribution in [-0.2, 0) is 0 Å². The van der Waals surface area contributed by atoms with Gasteiger partial charge in [-0.1, -0.05) is 0 Å². The maximum absolute atomic E-state index is 10.7. The van der Waals surface area contributed by atoms with Crippen LogP contribution in [0.15, 0.2) is 54.6 Å². The predicted octanol–water partition coefficient (Wildman–Crippen LogP) is 2.54. The molecule has 1 aliphatic heterocycles. The summed E-state index contributed by atoms with van der Waals surface area (Å²) in [5.74, 6) is 0. The quantitative estimate of drug-likeness (QED) is 0.513. The number of hydrogen-bond acceptors (Lipinski definition) is 5. The van der Waals surface area contributed by atoms with Gasteiger partial charge < -0.3 is 5.73 Å². The first-order valence-electron chi connectivity index (χ1n) is 6.48. The number of hydrazine groups is 1. The number of nitro benzene ring substituents is 1. The van der Waals surface area contributed by atoms with Crippen molar-refractivity contribution in [2.75, 3.05) is 17.3 Å². The summed E-state index contributed by atoms with van der Waals surface area (Å²) in [4.78, 5) is 10.3. The number of nitro groups is 1. The van der Waals surface area contributed by atoms with Crippen molar-refractivity contribution in [1.82, 2.24) is 5.43 Å². The Kier molecular flexibility index (Phi) is 3.19. The molecular weight excluding hydrogens is 268 g/mol. The van der Waals surface area contributed by atoms with Gasteiger partial charge in [-0.3, -0.25) is 20.5 Å². The van der Waals surface area contributed by atoms with Gasteiger partial charge in [-0.05, 0) is 48.0 Å². The summed E-state index contributed by atoms with van der Waals surface area (Å²) in [6.45, 7) is 0.718. The number of nitrogens with zero attached hydrogens (tertiary/aromatic N) is 2. The van der Waals surface area contributed by atoms with E-state index >= 15 is 0 Å². The molecule has 0 aromatic heterocycles. The molecule has 3 N–H and O–H groups in total. The number of nitrogen functional groups attached to an aromatic ring is 1. The molecule has 0 amide bonds. The van der Waals surface area contributed by atoms with Gasteiger partial charge in [-0.15, -0.1) is 0 Å². The molecule has 0 spiro atoms. The summed E-state index contributed by atoms with van der Waals surface area (Å²) in [6, 6.07) is 14.1. The van der Waals surface area contributed by atoms with Gasteiger partial charge in [0.2, 0.25) is 0 Å². The van der Waals surface area contributed by atoms with Crippen molar-refractivity contribution >= 4 is 22.8 Å². The largest absolute Gasteiger partial charge is 0.399 e. The first-order valence-corrected chi connectivity index (χ1v) is 6.48. The average molecular weight is 282 g/mol. The van der Waals surface area contributed by atoms with Crippen molar-refractivity contribution in [1.29, 1.82) is 0 Å². The van der Waals surface area contributed by atoms with Gasteiger partial charge in [0.25, 0.3) is 5.69 Å². The molecule has 6 heteroatoms. The van der Waals surface area contributed by atoms with E-state index < -0.39 is 4.92 Å². The lowest BCUT2D eigenvalue weighted by molar-refractivity contribution is -0.384. The Morgan fingerprint density at radius 2 is 1.76 bits per heavy atom. The molecule has 0 atom stereocenters. The monoisotopic (exact) mass is 282 g/mol. The number of nitrogens with one attached hydrogen (secondary N) is 1.